The van der Waals surface area contributed by atoms with Gasteiger partial charge in [0.1, 0.15) is 5.82 Å². The van der Waals surface area contributed by atoms with Crippen LogP contribution in [-0.4, -0.2) is 16.9 Å². The number of rotatable bonds is 4. The Hall–Kier alpha value is -3.03. The number of primary amides is 2. The van der Waals surface area contributed by atoms with Crippen molar-refractivity contribution in [1.82, 2.24) is 4.98 Å². The molecule has 0 aliphatic rings. The van der Waals surface area contributed by atoms with Crippen molar-refractivity contribution in [3.05, 3.63) is 53.6 Å². The van der Waals surface area contributed by atoms with Crippen molar-refractivity contribution >= 4 is 41.1 Å². The molecule has 0 aliphatic carbocycles. The van der Waals surface area contributed by atoms with E-state index in [4.69, 9.17) is 17.2 Å². The lowest BCUT2D eigenvalue weighted by atomic mass is 10.0. The van der Waals surface area contributed by atoms with Crippen LogP contribution in [-0.2, 0) is 0 Å². The standard InChI is InChI=1S/C18H19N5O2.ClH/c1-9(19)10-2-4-11(5-3-10)12-6-7-13-14(8-12)22-17(23-18(21)25)15(13)16(20)24;/h2-9,22H,19H2,1H3,(H2,20,24)(H3,21,23,25);1H. The molecule has 26 heavy (non-hydrogen) atoms. The van der Waals surface area contributed by atoms with Crippen molar-refractivity contribution in [3.8, 4) is 11.1 Å². The zero-order chi connectivity index (χ0) is 18.1. The van der Waals surface area contributed by atoms with Gasteiger partial charge >= 0.3 is 6.03 Å². The first-order valence-corrected chi connectivity index (χ1v) is 7.74. The van der Waals surface area contributed by atoms with E-state index in [0.29, 0.717) is 10.9 Å². The molecule has 1 aromatic heterocycles. The van der Waals surface area contributed by atoms with Crippen molar-refractivity contribution in [2.45, 2.75) is 13.0 Å². The van der Waals surface area contributed by atoms with Crippen molar-refractivity contribution in [2.24, 2.45) is 17.2 Å². The fourth-order valence-corrected chi connectivity index (χ4v) is 2.83. The highest BCUT2D eigenvalue weighted by Crippen LogP contribution is 2.30. The summed E-state index contributed by atoms with van der Waals surface area (Å²) in [5, 5.41) is 3.01. The van der Waals surface area contributed by atoms with Crippen LogP contribution in [0.5, 0.6) is 0 Å². The summed E-state index contributed by atoms with van der Waals surface area (Å²) in [4.78, 5) is 25.8. The van der Waals surface area contributed by atoms with E-state index in [9.17, 15) is 9.59 Å². The van der Waals surface area contributed by atoms with Gasteiger partial charge in [-0.15, -0.1) is 12.4 Å². The van der Waals surface area contributed by atoms with Crippen molar-refractivity contribution < 1.29 is 9.59 Å². The number of amides is 3. The Morgan fingerprint density at radius 2 is 1.65 bits per heavy atom. The van der Waals surface area contributed by atoms with Crippen LogP contribution in [0.1, 0.15) is 28.9 Å². The van der Waals surface area contributed by atoms with Crippen LogP contribution in [0.25, 0.3) is 22.0 Å². The van der Waals surface area contributed by atoms with Crippen molar-refractivity contribution in [3.63, 3.8) is 0 Å². The maximum absolute atomic E-state index is 11.7. The SMILES string of the molecule is CC(N)c1ccc(-c2ccc3c(C(N)=O)c(NC(N)=O)[nH]c3c2)cc1.Cl. The van der Waals surface area contributed by atoms with Gasteiger partial charge in [-0.05, 0) is 29.7 Å². The third-order valence-electron chi connectivity index (χ3n) is 4.06. The second kappa shape index (κ2) is 7.47. The van der Waals surface area contributed by atoms with Gasteiger partial charge in [0.25, 0.3) is 5.91 Å². The number of nitrogens with two attached hydrogens (primary N) is 3. The molecule has 0 radical (unpaired) electrons. The molecular weight excluding hydrogens is 354 g/mol. The average molecular weight is 374 g/mol. The van der Waals surface area contributed by atoms with Gasteiger partial charge in [-0.25, -0.2) is 4.79 Å². The summed E-state index contributed by atoms with van der Waals surface area (Å²) in [5.41, 5.74) is 20.3. The number of hydrogen-bond acceptors (Lipinski definition) is 3. The number of anilines is 1. The fourth-order valence-electron chi connectivity index (χ4n) is 2.83. The summed E-state index contributed by atoms with van der Waals surface area (Å²) in [5.74, 6) is -0.455. The Morgan fingerprint density at radius 3 is 2.19 bits per heavy atom. The van der Waals surface area contributed by atoms with E-state index in [1.165, 1.54) is 0 Å². The van der Waals surface area contributed by atoms with Gasteiger partial charge in [-0.1, -0.05) is 36.4 Å². The molecular formula is C18H20ClN5O2. The van der Waals surface area contributed by atoms with Crippen LogP contribution in [0.2, 0.25) is 0 Å². The van der Waals surface area contributed by atoms with E-state index in [2.05, 4.69) is 10.3 Å². The summed E-state index contributed by atoms with van der Waals surface area (Å²) in [6, 6.07) is 12.7. The van der Waals surface area contributed by atoms with Gasteiger partial charge in [0.15, 0.2) is 0 Å². The molecule has 0 fully saturated rings. The van der Waals surface area contributed by atoms with Gasteiger partial charge < -0.3 is 22.2 Å². The monoisotopic (exact) mass is 373 g/mol. The Bertz CT molecular complexity index is 964. The Labute approximate surface area is 156 Å². The zero-order valence-electron chi connectivity index (χ0n) is 14.1. The predicted molar refractivity (Wildman–Crippen MR) is 105 cm³/mol. The lowest BCUT2D eigenvalue weighted by Crippen LogP contribution is -2.22. The van der Waals surface area contributed by atoms with E-state index in [1.54, 1.807) is 6.07 Å². The molecule has 8 N–H and O–H groups in total. The van der Waals surface area contributed by atoms with Gasteiger partial charge in [0.2, 0.25) is 0 Å². The molecule has 2 aromatic carbocycles. The molecule has 1 heterocycles. The molecule has 7 nitrogen and oxygen atoms in total. The number of urea groups is 1. The molecule has 1 unspecified atom stereocenters. The molecule has 0 aliphatic heterocycles. The van der Waals surface area contributed by atoms with E-state index in [0.717, 1.165) is 16.7 Å². The zero-order valence-corrected chi connectivity index (χ0v) is 14.9. The van der Waals surface area contributed by atoms with Gasteiger partial charge in [-0.2, -0.15) is 0 Å². The highest BCUT2D eigenvalue weighted by atomic mass is 35.5. The maximum atomic E-state index is 11.7. The van der Waals surface area contributed by atoms with Gasteiger partial charge in [0.05, 0.1) is 5.56 Å². The molecule has 3 amide bonds. The number of aromatic amines is 1. The summed E-state index contributed by atoms with van der Waals surface area (Å²) >= 11 is 0. The minimum Gasteiger partial charge on any atom is -0.365 e. The molecule has 136 valence electrons. The topological polar surface area (TPSA) is 140 Å². The summed E-state index contributed by atoms with van der Waals surface area (Å²) < 4.78 is 0. The van der Waals surface area contributed by atoms with Crippen LogP contribution >= 0.6 is 12.4 Å². The molecule has 3 aromatic rings. The Kier molecular flexibility index (Phi) is 5.54. The van der Waals surface area contributed by atoms with Crippen molar-refractivity contribution in [1.29, 1.82) is 0 Å². The maximum Gasteiger partial charge on any atom is 0.317 e. The second-order valence-electron chi connectivity index (χ2n) is 5.90. The lowest BCUT2D eigenvalue weighted by Gasteiger charge is -2.07. The first-order valence-electron chi connectivity index (χ1n) is 7.74. The number of halogens is 1. The van der Waals surface area contributed by atoms with Crippen LogP contribution in [0.3, 0.4) is 0 Å². The van der Waals surface area contributed by atoms with Crippen LogP contribution in [0.15, 0.2) is 42.5 Å². The van der Waals surface area contributed by atoms with Gasteiger partial charge in [0, 0.05) is 16.9 Å². The normalized spacial score (nSPS) is 11.6. The molecule has 0 bridgehead atoms. The summed E-state index contributed by atoms with van der Waals surface area (Å²) in [6.45, 7) is 1.93. The smallest absolute Gasteiger partial charge is 0.317 e. The largest absolute Gasteiger partial charge is 0.365 e. The van der Waals surface area contributed by atoms with E-state index in [1.807, 2.05) is 43.3 Å². The number of carbonyl (C=O) groups excluding carboxylic acids is 2. The minimum absolute atomic E-state index is 0. The fraction of sp³-hybridized carbons (Fsp3) is 0.111. The number of hydrogen-bond donors (Lipinski definition) is 5. The number of benzene rings is 2. The highest BCUT2D eigenvalue weighted by Gasteiger charge is 2.17. The third-order valence-corrected chi connectivity index (χ3v) is 4.06. The summed E-state index contributed by atoms with van der Waals surface area (Å²) in [7, 11) is 0. The molecule has 1 atom stereocenters. The number of aromatic nitrogens is 1. The molecule has 0 saturated carbocycles. The van der Waals surface area contributed by atoms with Crippen LogP contribution < -0.4 is 22.5 Å². The lowest BCUT2D eigenvalue weighted by molar-refractivity contribution is 0.100. The first-order chi connectivity index (χ1) is 11.9. The van der Waals surface area contributed by atoms with E-state index < -0.39 is 11.9 Å². The number of H-pyrrole nitrogens is 1. The molecule has 0 saturated heterocycles. The summed E-state index contributed by atoms with van der Waals surface area (Å²) in [6.07, 6.45) is 0. The molecule has 0 spiro atoms. The highest BCUT2D eigenvalue weighted by molar-refractivity contribution is 6.13. The third kappa shape index (κ3) is 3.63. The van der Waals surface area contributed by atoms with Crippen LogP contribution in [0, 0.1) is 0 Å². The number of nitrogens with one attached hydrogen (secondary N) is 2. The minimum atomic E-state index is -0.777. The first kappa shape index (κ1) is 19.3. The van der Waals surface area contributed by atoms with Gasteiger partial charge in [-0.3, -0.25) is 10.1 Å². The Balaban J connectivity index is 0.00000243. The van der Waals surface area contributed by atoms with E-state index >= 15 is 0 Å². The van der Waals surface area contributed by atoms with Crippen LogP contribution in [0.4, 0.5) is 10.6 Å². The molecule has 3 rings (SSSR count). The number of fused-ring (bicyclic) bond motifs is 1. The average Bonchev–Trinajstić information content (AvgIpc) is 2.91. The van der Waals surface area contributed by atoms with E-state index in [-0.39, 0.29) is 29.8 Å². The number of carbonyl (C=O) groups is 2. The predicted octanol–water partition coefficient (Wildman–Crippen LogP) is 2.87. The quantitative estimate of drug-likeness (QED) is 0.480. The Morgan fingerprint density at radius 1 is 1.04 bits per heavy atom. The van der Waals surface area contributed by atoms with Crippen molar-refractivity contribution in [2.75, 3.05) is 5.32 Å². The molecule has 8 heteroatoms. The second-order valence-corrected chi connectivity index (χ2v) is 5.90.